The number of ether oxygens (including phenoxy) is 1. The lowest BCUT2D eigenvalue weighted by Crippen LogP contribution is -2.48. The van der Waals surface area contributed by atoms with Crippen LogP contribution < -0.4 is 20.7 Å². The smallest absolute Gasteiger partial charge is 0.225 e. The van der Waals surface area contributed by atoms with Gasteiger partial charge in [0.25, 0.3) is 0 Å². The van der Waals surface area contributed by atoms with Crippen molar-refractivity contribution in [3.63, 3.8) is 0 Å². The van der Waals surface area contributed by atoms with Crippen LogP contribution in [0.1, 0.15) is 11.9 Å². The van der Waals surface area contributed by atoms with Crippen LogP contribution in [-0.4, -0.2) is 43.9 Å². The van der Waals surface area contributed by atoms with Crippen molar-refractivity contribution in [1.29, 1.82) is 0 Å². The quantitative estimate of drug-likeness (QED) is 0.540. The fourth-order valence-electron chi connectivity index (χ4n) is 4.02. The molecule has 0 bridgehead atoms. The first-order valence-corrected chi connectivity index (χ1v) is 9.85. The number of aryl methyl sites for hydroxylation is 1. The monoisotopic (exact) mass is 400 g/mol. The summed E-state index contributed by atoms with van der Waals surface area (Å²) in [5.41, 5.74) is 9.85. The second-order valence-electron chi connectivity index (χ2n) is 7.60. The Labute approximate surface area is 172 Å². The Hall–Kier alpha value is -3.72. The maximum absolute atomic E-state index is 5.78. The number of aromatic nitrogens is 5. The highest BCUT2D eigenvalue weighted by Crippen LogP contribution is 2.34. The molecule has 0 saturated carbocycles. The predicted octanol–water partition coefficient (Wildman–Crippen LogP) is 2.30. The summed E-state index contributed by atoms with van der Waals surface area (Å²) < 4.78 is 7.69. The van der Waals surface area contributed by atoms with E-state index in [1.807, 2.05) is 55.8 Å². The number of fused-ring (bicyclic) bond motifs is 2. The summed E-state index contributed by atoms with van der Waals surface area (Å²) in [6.07, 6.45) is 5.17. The lowest BCUT2D eigenvalue weighted by Gasteiger charge is -2.40. The molecule has 9 nitrogen and oxygen atoms in total. The van der Waals surface area contributed by atoms with E-state index < -0.39 is 6.35 Å². The van der Waals surface area contributed by atoms with Crippen molar-refractivity contribution >= 4 is 22.7 Å². The van der Waals surface area contributed by atoms with E-state index in [4.69, 9.17) is 20.4 Å². The van der Waals surface area contributed by atoms with Crippen LogP contribution in [-0.2, 0) is 0 Å². The van der Waals surface area contributed by atoms with Crippen molar-refractivity contribution in [3.8, 4) is 17.0 Å². The van der Waals surface area contributed by atoms with E-state index in [-0.39, 0.29) is 0 Å². The second-order valence-corrected chi connectivity index (χ2v) is 7.60. The van der Waals surface area contributed by atoms with Gasteiger partial charge in [0.2, 0.25) is 6.35 Å². The number of nitrogens with two attached hydrogens (primary N) is 1. The molecule has 150 valence electrons. The molecule has 4 aromatic rings. The van der Waals surface area contributed by atoms with Gasteiger partial charge >= 0.3 is 0 Å². The Morgan fingerprint density at radius 1 is 1.13 bits per heavy atom. The SMILES string of the molecule is Cc1nccn1C1CN(c2cnc3ccc(-c4ccc5c(c4)NC(N)O5)nc3n2)C1. The Morgan fingerprint density at radius 3 is 2.87 bits per heavy atom. The number of imidazole rings is 1. The number of hydrogen-bond acceptors (Lipinski definition) is 8. The topological polar surface area (TPSA) is 107 Å². The summed E-state index contributed by atoms with van der Waals surface area (Å²) in [6, 6.07) is 10.2. The second kappa shape index (κ2) is 6.39. The molecule has 1 fully saturated rings. The van der Waals surface area contributed by atoms with Crippen LogP contribution >= 0.6 is 0 Å². The maximum Gasteiger partial charge on any atom is 0.225 e. The molecule has 1 aromatic carbocycles. The van der Waals surface area contributed by atoms with E-state index in [9.17, 15) is 0 Å². The lowest BCUT2D eigenvalue weighted by molar-refractivity contribution is 0.262. The highest BCUT2D eigenvalue weighted by molar-refractivity contribution is 5.78. The van der Waals surface area contributed by atoms with Crippen LogP contribution in [0, 0.1) is 6.92 Å². The Morgan fingerprint density at radius 2 is 2.03 bits per heavy atom. The molecule has 3 N–H and O–H groups in total. The molecule has 0 amide bonds. The standard InChI is InChI=1S/C21H20N8O/c1-12-23-6-7-29(12)14-10-28(11-14)19-9-24-16-4-3-15(25-20(16)27-19)13-2-5-18-17(8-13)26-21(22)30-18/h2-9,14,21,26H,10-11,22H2,1H3. The molecule has 0 aliphatic carbocycles. The number of rotatable bonds is 3. The first-order valence-electron chi connectivity index (χ1n) is 9.85. The molecule has 2 aliphatic rings. The Balaban J connectivity index is 1.28. The zero-order valence-electron chi connectivity index (χ0n) is 16.4. The van der Waals surface area contributed by atoms with E-state index in [1.165, 1.54) is 0 Å². The van der Waals surface area contributed by atoms with Gasteiger partial charge in [0, 0.05) is 31.0 Å². The van der Waals surface area contributed by atoms with Gasteiger partial charge in [-0.15, -0.1) is 0 Å². The van der Waals surface area contributed by atoms with E-state index in [2.05, 4.69) is 24.8 Å². The third-order valence-corrected chi connectivity index (χ3v) is 5.66. The minimum absolute atomic E-state index is 0.414. The van der Waals surface area contributed by atoms with Crippen molar-refractivity contribution < 1.29 is 4.74 Å². The van der Waals surface area contributed by atoms with Crippen LogP contribution in [0.2, 0.25) is 0 Å². The van der Waals surface area contributed by atoms with Gasteiger partial charge in [0.1, 0.15) is 22.9 Å². The van der Waals surface area contributed by atoms with E-state index in [0.29, 0.717) is 11.7 Å². The summed E-state index contributed by atoms with van der Waals surface area (Å²) in [4.78, 5) is 20.6. The van der Waals surface area contributed by atoms with Gasteiger partial charge in [0.05, 0.1) is 23.6 Å². The van der Waals surface area contributed by atoms with Gasteiger partial charge in [-0.05, 0) is 37.3 Å². The van der Waals surface area contributed by atoms with Gasteiger partial charge in [-0.3, -0.25) is 5.73 Å². The molecular weight excluding hydrogens is 380 g/mol. The van der Waals surface area contributed by atoms with Crippen molar-refractivity contribution in [1.82, 2.24) is 24.5 Å². The fraction of sp³-hybridized carbons (Fsp3) is 0.238. The van der Waals surface area contributed by atoms with E-state index >= 15 is 0 Å². The van der Waals surface area contributed by atoms with Gasteiger partial charge < -0.3 is 19.5 Å². The number of benzene rings is 1. The fourth-order valence-corrected chi connectivity index (χ4v) is 4.02. The average Bonchev–Trinajstić information content (AvgIpc) is 3.30. The molecule has 0 spiro atoms. The van der Waals surface area contributed by atoms with Crippen molar-refractivity contribution in [2.75, 3.05) is 23.3 Å². The molecule has 30 heavy (non-hydrogen) atoms. The van der Waals surface area contributed by atoms with E-state index in [1.54, 1.807) is 0 Å². The zero-order valence-corrected chi connectivity index (χ0v) is 16.4. The first kappa shape index (κ1) is 17.2. The highest BCUT2D eigenvalue weighted by atomic mass is 16.5. The van der Waals surface area contributed by atoms with Gasteiger partial charge in [0.15, 0.2) is 5.65 Å². The summed E-state index contributed by atoms with van der Waals surface area (Å²) in [5.74, 6) is 2.62. The highest BCUT2D eigenvalue weighted by Gasteiger charge is 2.30. The van der Waals surface area contributed by atoms with Crippen LogP contribution in [0.3, 0.4) is 0 Å². The molecule has 1 unspecified atom stereocenters. The predicted molar refractivity (Wildman–Crippen MR) is 113 cm³/mol. The number of hydrogen-bond donors (Lipinski definition) is 2. The number of nitrogens with zero attached hydrogens (tertiary/aromatic N) is 6. The van der Waals surface area contributed by atoms with E-state index in [0.717, 1.165) is 52.9 Å². The average molecular weight is 400 g/mol. The van der Waals surface area contributed by atoms with Crippen molar-refractivity contribution in [2.45, 2.75) is 19.3 Å². The third kappa shape index (κ3) is 2.74. The van der Waals surface area contributed by atoms with Gasteiger partial charge in [-0.2, -0.15) is 0 Å². The molecule has 1 atom stereocenters. The van der Waals surface area contributed by atoms with Crippen LogP contribution in [0.15, 0.2) is 48.9 Å². The number of anilines is 2. The molecule has 6 rings (SSSR count). The molecule has 3 aromatic heterocycles. The third-order valence-electron chi connectivity index (χ3n) is 5.66. The van der Waals surface area contributed by atoms with Gasteiger partial charge in [-0.25, -0.2) is 19.9 Å². The van der Waals surface area contributed by atoms with Crippen molar-refractivity contribution in [2.24, 2.45) is 5.73 Å². The zero-order chi connectivity index (χ0) is 20.2. The van der Waals surface area contributed by atoms with Crippen LogP contribution in [0.5, 0.6) is 5.75 Å². The Bertz CT molecular complexity index is 1260. The van der Waals surface area contributed by atoms with Crippen LogP contribution in [0.4, 0.5) is 11.5 Å². The largest absolute Gasteiger partial charge is 0.456 e. The summed E-state index contributed by atoms with van der Waals surface area (Å²) >= 11 is 0. The molecule has 2 aliphatic heterocycles. The Kier molecular flexibility index (Phi) is 3.66. The normalized spacial score (nSPS) is 18.1. The minimum Gasteiger partial charge on any atom is -0.456 e. The van der Waals surface area contributed by atoms with Gasteiger partial charge in [-0.1, -0.05) is 0 Å². The number of pyridine rings is 1. The summed E-state index contributed by atoms with van der Waals surface area (Å²) in [5, 5.41) is 3.09. The first-order chi connectivity index (χ1) is 14.6. The minimum atomic E-state index is -0.514. The molecule has 9 heteroatoms. The number of nitrogens with one attached hydrogen (secondary N) is 1. The summed E-state index contributed by atoms with van der Waals surface area (Å²) in [7, 11) is 0. The molecular formula is C21H20N8O. The molecule has 0 radical (unpaired) electrons. The lowest BCUT2D eigenvalue weighted by atomic mass is 10.1. The molecule has 1 saturated heterocycles. The van der Waals surface area contributed by atoms with Crippen molar-refractivity contribution in [3.05, 3.63) is 54.7 Å². The maximum atomic E-state index is 5.78. The van der Waals surface area contributed by atoms with Crippen LogP contribution in [0.25, 0.3) is 22.4 Å². The summed E-state index contributed by atoms with van der Waals surface area (Å²) in [6.45, 7) is 3.79. The molecule has 5 heterocycles.